The first kappa shape index (κ1) is 17.1. The molecule has 1 aromatic rings. The van der Waals surface area contributed by atoms with E-state index >= 15 is 0 Å². The van der Waals surface area contributed by atoms with E-state index < -0.39 is 23.1 Å². The summed E-state index contributed by atoms with van der Waals surface area (Å²) in [6.07, 6.45) is 1.25. The van der Waals surface area contributed by atoms with E-state index in [1.165, 1.54) is 12.1 Å². The summed E-state index contributed by atoms with van der Waals surface area (Å²) in [6.45, 7) is 5.36. The highest BCUT2D eigenvalue weighted by molar-refractivity contribution is 5.87. The smallest absolute Gasteiger partial charge is 0.308 e. The first-order chi connectivity index (χ1) is 9.78. The van der Waals surface area contributed by atoms with Gasteiger partial charge in [-0.2, -0.15) is 0 Å². The molecule has 0 aliphatic carbocycles. The predicted molar refractivity (Wildman–Crippen MR) is 78.5 cm³/mol. The summed E-state index contributed by atoms with van der Waals surface area (Å²) in [6, 6.07) is 5.87. The van der Waals surface area contributed by atoms with Crippen LogP contribution in [0.25, 0.3) is 0 Å². The molecule has 21 heavy (non-hydrogen) atoms. The Morgan fingerprint density at radius 3 is 2.57 bits per heavy atom. The van der Waals surface area contributed by atoms with E-state index in [9.17, 15) is 14.0 Å². The van der Waals surface area contributed by atoms with Crippen molar-refractivity contribution >= 4 is 11.9 Å². The van der Waals surface area contributed by atoms with Crippen molar-refractivity contribution in [3.05, 3.63) is 35.6 Å². The van der Waals surface area contributed by atoms with Gasteiger partial charge in [0.15, 0.2) is 0 Å². The zero-order valence-corrected chi connectivity index (χ0v) is 12.6. The molecule has 0 saturated carbocycles. The molecular formula is C16H22FNO3. The molecule has 0 radical (unpaired) electrons. The van der Waals surface area contributed by atoms with Crippen molar-refractivity contribution in [2.45, 2.75) is 39.0 Å². The molecule has 1 amide bonds. The van der Waals surface area contributed by atoms with Crippen LogP contribution in [0.15, 0.2) is 24.3 Å². The van der Waals surface area contributed by atoms with Crippen LogP contribution in [-0.4, -0.2) is 23.5 Å². The second-order valence-electron chi connectivity index (χ2n) is 5.67. The van der Waals surface area contributed by atoms with Crippen molar-refractivity contribution in [2.24, 2.45) is 5.92 Å². The third-order valence-corrected chi connectivity index (χ3v) is 3.61. The molecule has 0 aliphatic rings. The number of carbonyl (C=O) groups is 2. The number of benzene rings is 1. The highest BCUT2D eigenvalue weighted by Gasteiger charge is 2.30. The van der Waals surface area contributed by atoms with E-state index in [1.807, 2.05) is 6.92 Å². The molecule has 0 aliphatic heterocycles. The van der Waals surface area contributed by atoms with Gasteiger partial charge in [-0.15, -0.1) is 0 Å². The highest BCUT2D eigenvalue weighted by Crippen LogP contribution is 2.24. The van der Waals surface area contributed by atoms with Gasteiger partial charge < -0.3 is 10.4 Å². The van der Waals surface area contributed by atoms with Gasteiger partial charge in [0.05, 0.1) is 11.3 Å². The van der Waals surface area contributed by atoms with E-state index in [0.717, 1.165) is 6.42 Å². The molecule has 0 aromatic heterocycles. The average Bonchev–Trinajstić information content (AvgIpc) is 2.42. The molecule has 1 rings (SSSR count). The molecule has 1 aromatic carbocycles. The topological polar surface area (TPSA) is 66.4 Å². The summed E-state index contributed by atoms with van der Waals surface area (Å²) < 4.78 is 13.3. The molecule has 5 heteroatoms. The van der Waals surface area contributed by atoms with Crippen LogP contribution < -0.4 is 5.32 Å². The Bertz CT molecular complexity index is 514. The minimum absolute atomic E-state index is 0.0841. The molecule has 1 atom stereocenters. The summed E-state index contributed by atoms with van der Waals surface area (Å²) in [5.41, 5.74) is -0.362. The molecule has 0 heterocycles. The summed E-state index contributed by atoms with van der Waals surface area (Å²) in [4.78, 5) is 23.3. The Morgan fingerprint density at radius 1 is 1.38 bits per heavy atom. The summed E-state index contributed by atoms with van der Waals surface area (Å²) >= 11 is 0. The normalized spacial score (nSPS) is 12.8. The third kappa shape index (κ3) is 4.55. The van der Waals surface area contributed by atoms with Gasteiger partial charge in [-0.1, -0.05) is 25.5 Å². The van der Waals surface area contributed by atoms with E-state index in [2.05, 4.69) is 5.32 Å². The highest BCUT2D eigenvalue weighted by atomic mass is 19.1. The minimum Gasteiger partial charge on any atom is -0.481 e. The number of nitrogens with one attached hydrogen (secondary N) is 1. The fourth-order valence-corrected chi connectivity index (χ4v) is 2.11. The zero-order valence-electron chi connectivity index (χ0n) is 12.6. The lowest BCUT2D eigenvalue weighted by Gasteiger charge is -2.25. The van der Waals surface area contributed by atoms with Gasteiger partial charge in [0, 0.05) is 6.54 Å². The monoisotopic (exact) mass is 295 g/mol. The van der Waals surface area contributed by atoms with Crippen LogP contribution in [0.1, 0.15) is 39.2 Å². The van der Waals surface area contributed by atoms with Crippen molar-refractivity contribution < 1.29 is 19.1 Å². The van der Waals surface area contributed by atoms with Crippen LogP contribution in [-0.2, 0) is 15.0 Å². The Labute approximate surface area is 124 Å². The van der Waals surface area contributed by atoms with Crippen LogP contribution in [0.2, 0.25) is 0 Å². The SMILES string of the molecule is CCCC(CNC(=O)C(C)(C)c1cccc(F)c1)C(=O)O. The molecule has 0 spiro atoms. The van der Waals surface area contributed by atoms with Crippen molar-refractivity contribution in [3.8, 4) is 0 Å². The lowest BCUT2D eigenvalue weighted by Crippen LogP contribution is -2.43. The molecule has 0 fully saturated rings. The number of aliphatic carboxylic acids is 1. The molecular weight excluding hydrogens is 273 g/mol. The van der Waals surface area contributed by atoms with Crippen molar-refractivity contribution in [3.63, 3.8) is 0 Å². The maximum atomic E-state index is 13.3. The van der Waals surface area contributed by atoms with E-state index in [4.69, 9.17) is 5.11 Å². The maximum Gasteiger partial charge on any atom is 0.308 e. The van der Waals surface area contributed by atoms with Gasteiger partial charge >= 0.3 is 5.97 Å². The van der Waals surface area contributed by atoms with Crippen molar-refractivity contribution in [1.82, 2.24) is 5.32 Å². The number of rotatable bonds is 7. The van der Waals surface area contributed by atoms with Gasteiger partial charge in [-0.3, -0.25) is 9.59 Å². The molecule has 116 valence electrons. The lowest BCUT2D eigenvalue weighted by molar-refractivity contribution is -0.142. The van der Waals surface area contributed by atoms with Crippen LogP contribution in [0.3, 0.4) is 0 Å². The quantitative estimate of drug-likeness (QED) is 0.813. The Balaban J connectivity index is 2.75. The summed E-state index contributed by atoms with van der Waals surface area (Å²) in [5, 5.41) is 11.7. The Hall–Kier alpha value is -1.91. The average molecular weight is 295 g/mol. The van der Waals surface area contributed by atoms with Crippen molar-refractivity contribution in [1.29, 1.82) is 0 Å². The van der Waals surface area contributed by atoms with E-state index in [0.29, 0.717) is 12.0 Å². The molecule has 0 bridgehead atoms. The second kappa shape index (κ2) is 7.20. The number of carboxylic acids is 1. The van der Waals surface area contributed by atoms with Crippen LogP contribution in [0.5, 0.6) is 0 Å². The molecule has 0 saturated heterocycles. The second-order valence-corrected chi connectivity index (χ2v) is 5.67. The van der Waals surface area contributed by atoms with Gasteiger partial charge in [0.1, 0.15) is 5.82 Å². The Morgan fingerprint density at radius 2 is 2.05 bits per heavy atom. The van der Waals surface area contributed by atoms with E-state index in [-0.39, 0.29) is 12.5 Å². The van der Waals surface area contributed by atoms with Gasteiger partial charge in [0.25, 0.3) is 0 Å². The van der Waals surface area contributed by atoms with Gasteiger partial charge in [-0.05, 0) is 38.0 Å². The number of hydrogen-bond donors (Lipinski definition) is 2. The summed E-state index contributed by atoms with van der Waals surface area (Å²) in [7, 11) is 0. The zero-order chi connectivity index (χ0) is 16.0. The van der Waals surface area contributed by atoms with Crippen molar-refractivity contribution in [2.75, 3.05) is 6.54 Å². The van der Waals surface area contributed by atoms with Crippen LogP contribution in [0.4, 0.5) is 4.39 Å². The largest absolute Gasteiger partial charge is 0.481 e. The fourth-order valence-electron chi connectivity index (χ4n) is 2.11. The molecule has 1 unspecified atom stereocenters. The van der Waals surface area contributed by atoms with Crippen LogP contribution in [0, 0.1) is 11.7 Å². The third-order valence-electron chi connectivity index (χ3n) is 3.61. The van der Waals surface area contributed by atoms with Crippen LogP contribution >= 0.6 is 0 Å². The maximum absolute atomic E-state index is 13.3. The Kier molecular flexibility index (Phi) is 5.88. The number of amides is 1. The molecule has 2 N–H and O–H groups in total. The number of hydrogen-bond acceptors (Lipinski definition) is 2. The number of halogens is 1. The standard InChI is InChI=1S/C16H22FNO3/c1-4-6-11(14(19)20)10-18-15(21)16(2,3)12-7-5-8-13(17)9-12/h5,7-9,11H,4,6,10H2,1-3H3,(H,18,21)(H,19,20). The first-order valence-corrected chi connectivity index (χ1v) is 7.06. The fraction of sp³-hybridized carbons (Fsp3) is 0.500. The molecule has 4 nitrogen and oxygen atoms in total. The first-order valence-electron chi connectivity index (χ1n) is 7.06. The lowest BCUT2D eigenvalue weighted by atomic mass is 9.83. The van der Waals surface area contributed by atoms with Gasteiger partial charge in [-0.25, -0.2) is 4.39 Å². The predicted octanol–water partition coefficient (Wildman–Crippen LogP) is 2.72. The number of carbonyl (C=O) groups excluding carboxylic acids is 1. The minimum atomic E-state index is -0.919. The summed E-state index contributed by atoms with van der Waals surface area (Å²) in [5.74, 6) is -2.22. The van der Waals surface area contributed by atoms with Gasteiger partial charge in [0.2, 0.25) is 5.91 Å². The number of carboxylic acid groups (broad SMARTS) is 1. The van der Waals surface area contributed by atoms with E-state index in [1.54, 1.807) is 26.0 Å².